The number of carbonyl (C=O) groups excluding carboxylic acids is 1. The Labute approximate surface area is 192 Å². The second-order valence-electron chi connectivity index (χ2n) is 8.41. The van der Waals surface area contributed by atoms with Crippen LogP contribution in [0, 0.1) is 6.92 Å². The lowest BCUT2D eigenvalue weighted by Gasteiger charge is -2.14. The highest BCUT2D eigenvalue weighted by atomic mass is 16.1. The van der Waals surface area contributed by atoms with Gasteiger partial charge in [-0.2, -0.15) is 0 Å². The molecule has 0 heterocycles. The molecule has 5 aromatic carbocycles. The summed E-state index contributed by atoms with van der Waals surface area (Å²) in [6.07, 6.45) is 0. The summed E-state index contributed by atoms with van der Waals surface area (Å²) < 4.78 is 0. The van der Waals surface area contributed by atoms with Crippen molar-refractivity contribution in [1.82, 2.24) is 0 Å². The Kier molecular flexibility index (Phi) is 4.48. The van der Waals surface area contributed by atoms with Gasteiger partial charge in [0.25, 0.3) is 5.91 Å². The molecule has 0 aromatic heterocycles. The maximum atomic E-state index is 12.7. The Balaban J connectivity index is 1.36. The van der Waals surface area contributed by atoms with Crippen LogP contribution >= 0.6 is 0 Å². The fourth-order valence-electron chi connectivity index (χ4n) is 4.69. The zero-order chi connectivity index (χ0) is 22.4. The molecule has 0 saturated heterocycles. The van der Waals surface area contributed by atoms with Crippen molar-refractivity contribution in [2.24, 2.45) is 0 Å². The second-order valence-corrected chi connectivity index (χ2v) is 8.41. The molecule has 33 heavy (non-hydrogen) atoms. The molecule has 3 heteroatoms. The lowest BCUT2D eigenvalue weighted by Crippen LogP contribution is -2.12. The lowest BCUT2D eigenvalue weighted by molar-refractivity contribution is 0.102. The normalized spacial score (nSPS) is 11.3. The van der Waals surface area contributed by atoms with Gasteiger partial charge in [0, 0.05) is 28.0 Å². The average molecular weight is 427 g/mol. The number of fused-ring (bicyclic) bond motifs is 3. The summed E-state index contributed by atoms with van der Waals surface area (Å²) in [5.41, 5.74) is 9.57. The van der Waals surface area contributed by atoms with Crippen LogP contribution in [0.1, 0.15) is 15.9 Å². The number of amides is 1. The highest BCUT2D eigenvalue weighted by molar-refractivity contribution is 6.18. The standard InChI is InChI=1S/C30H22N2O/c1-19-14-15-21(18-28(19)32-30(33)20-8-3-2-4-9-20)31-27-17-16-25-23-11-6-5-10-22(23)24-12-7-13-26(27)29(24)25/h2-18,31H,1H3,(H,32,33). The van der Waals surface area contributed by atoms with Crippen molar-refractivity contribution in [3.8, 4) is 22.3 Å². The molecule has 0 atom stereocenters. The fraction of sp³-hybridized carbons (Fsp3) is 0.0333. The van der Waals surface area contributed by atoms with Crippen molar-refractivity contribution in [3.63, 3.8) is 0 Å². The van der Waals surface area contributed by atoms with Crippen molar-refractivity contribution in [3.05, 3.63) is 114 Å². The zero-order valence-corrected chi connectivity index (χ0v) is 18.2. The van der Waals surface area contributed by atoms with E-state index in [4.69, 9.17) is 0 Å². The maximum absolute atomic E-state index is 12.7. The van der Waals surface area contributed by atoms with Gasteiger partial charge in [0.1, 0.15) is 0 Å². The molecule has 1 aliphatic rings. The topological polar surface area (TPSA) is 41.1 Å². The van der Waals surface area contributed by atoms with Gasteiger partial charge in [-0.15, -0.1) is 0 Å². The Bertz CT molecular complexity index is 1510. The molecule has 5 aromatic rings. The molecule has 1 aliphatic carbocycles. The summed E-state index contributed by atoms with van der Waals surface area (Å²) in [5, 5.41) is 9.11. The van der Waals surface area contributed by atoms with E-state index in [2.05, 4.69) is 65.2 Å². The van der Waals surface area contributed by atoms with Crippen LogP contribution in [0.5, 0.6) is 0 Å². The predicted molar refractivity (Wildman–Crippen MR) is 137 cm³/mol. The molecule has 0 aliphatic heterocycles. The summed E-state index contributed by atoms with van der Waals surface area (Å²) in [6, 6.07) is 34.8. The lowest BCUT2D eigenvalue weighted by atomic mass is 10.0. The van der Waals surface area contributed by atoms with Crippen LogP contribution in [-0.4, -0.2) is 5.91 Å². The highest BCUT2D eigenvalue weighted by Crippen LogP contribution is 2.48. The number of benzene rings is 5. The van der Waals surface area contributed by atoms with Gasteiger partial charge in [-0.25, -0.2) is 0 Å². The molecule has 0 radical (unpaired) electrons. The van der Waals surface area contributed by atoms with Crippen molar-refractivity contribution >= 4 is 33.7 Å². The van der Waals surface area contributed by atoms with Gasteiger partial charge in [0.05, 0.1) is 0 Å². The summed E-state index contributed by atoms with van der Waals surface area (Å²) in [5.74, 6) is -0.112. The number of hydrogen-bond donors (Lipinski definition) is 2. The third-order valence-electron chi connectivity index (χ3n) is 6.35. The molecule has 158 valence electrons. The number of aryl methyl sites for hydroxylation is 1. The molecule has 0 unspecified atom stereocenters. The molecule has 0 spiro atoms. The Morgan fingerprint density at radius 3 is 2.12 bits per heavy atom. The molecular formula is C30H22N2O. The van der Waals surface area contributed by atoms with Crippen molar-refractivity contribution in [1.29, 1.82) is 0 Å². The van der Waals surface area contributed by atoms with Gasteiger partial charge < -0.3 is 10.6 Å². The van der Waals surface area contributed by atoms with E-state index >= 15 is 0 Å². The largest absolute Gasteiger partial charge is 0.355 e. The van der Waals surface area contributed by atoms with E-state index in [1.54, 1.807) is 0 Å². The molecule has 6 rings (SSSR count). The SMILES string of the molecule is Cc1ccc(Nc2ccc3c4c(cccc24)-c2ccccc2-3)cc1NC(=O)c1ccccc1. The summed E-state index contributed by atoms with van der Waals surface area (Å²) in [4.78, 5) is 12.7. The molecule has 0 bridgehead atoms. The van der Waals surface area contributed by atoms with Crippen LogP contribution in [0.4, 0.5) is 17.1 Å². The van der Waals surface area contributed by atoms with Gasteiger partial charge in [0.2, 0.25) is 0 Å². The summed E-state index contributed by atoms with van der Waals surface area (Å²) in [6.45, 7) is 2.00. The Morgan fingerprint density at radius 2 is 1.33 bits per heavy atom. The average Bonchev–Trinajstić information content (AvgIpc) is 3.19. The monoisotopic (exact) mass is 426 g/mol. The van der Waals surface area contributed by atoms with Crippen LogP contribution < -0.4 is 10.6 Å². The van der Waals surface area contributed by atoms with Crippen molar-refractivity contribution in [2.45, 2.75) is 6.92 Å². The van der Waals surface area contributed by atoms with E-state index in [0.29, 0.717) is 5.56 Å². The van der Waals surface area contributed by atoms with E-state index in [1.807, 2.05) is 55.5 Å². The van der Waals surface area contributed by atoms with Crippen molar-refractivity contribution < 1.29 is 4.79 Å². The summed E-state index contributed by atoms with van der Waals surface area (Å²) in [7, 11) is 0. The van der Waals surface area contributed by atoms with Crippen LogP contribution in [-0.2, 0) is 0 Å². The molecule has 3 nitrogen and oxygen atoms in total. The predicted octanol–water partition coefficient (Wildman–Crippen LogP) is 7.79. The number of anilines is 3. The first-order valence-electron chi connectivity index (χ1n) is 11.1. The molecule has 1 amide bonds. The Morgan fingerprint density at radius 1 is 0.636 bits per heavy atom. The van der Waals surface area contributed by atoms with E-state index in [-0.39, 0.29) is 5.91 Å². The fourth-order valence-corrected chi connectivity index (χ4v) is 4.69. The van der Waals surface area contributed by atoms with Crippen LogP contribution in [0.2, 0.25) is 0 Å². The third-order valence-corrected chi connectivity index (χ3v) is 6.35. The molecule has 0 saturated carbocycles. The third kappa shape index (κ3) is 3.26. The van der Waals surface area contributed by atoms with Gasteiger partial charge in [-0.3, -0.25) is 4.79 Å². The van der Waals surface area contributed by atoms with E-state index in [9.17, 15) is 4.79 Å². The van der Waals surface area contributed by atoms with Gasteiger partial charge in [-0.1, -0.05) is 72.8 Å². The van der Waals surface area contributed by atoms with Gasteiger partial charge in [0.15, 0.2) is 0 Å². The number of rotatable bonds is 4. The first-order chi connectivity index (χ1) is 16.2. The minimum atomic E-state index is -0.112. The molecule has 2 N–H and O–H groups in total. The van der Waals surface area contributed by atoms with Crippen LogP contribution in [0.25, 0.3) is 33.0 Å². The Hall–Kier alpha value is -4.37. The first-order valence-corrected chi connectivity index (χ1v) is 11.1. The molecule has 0 fully saturated rings. The maximum Gasteiger partial charge on any atom is 0.255 e. The highest BCUT2D eigenvalue weighted by Gasteiger charge is 2.21. The quantitative estimate of drug-likeness (QED) is 0.302. The second kappa shape index (κ2) is 7.64. The van der Waals surface area contributed by atoms with Gasteiger partial charge in [-0.05, 0) is 70.5 Å². The van der Waals surface area contributed by atoms with E-state index in [0.717, 1.165) is 22.6 Å². The van der Waals surface area contributed by atoms with Crippen LogP contribution in [0.3, 0.4) is 0 Å². The zero-order valence-electron chi connectivity index (χ0n) is 18.2. The van der Waals surface area contributed by atoms with Gasteiger partial charge >= 0.3 is 0 Å². The van der Waals surface area contributed by atoms with E-state index in [1.165, 1.54) is 33.0 Å². The van der Waals surface area contributed by atoms with E-state index < -0.39 is 0 Å². The molecular weight excluding hydrogens is 404 g/mol. The summed E-state index contributed by atoms with van der Waals surface area (Å²) >= 11 is 0. The van der Waals surface area contributed by atoms with Crippen molar-refractivity contribution in [2.75, 3.05) is 10.6 Å². The number of nitrogens with one attached hydrogen (secondary N) is 2. The number of hydrogen-bond acceptors (Lipinski definition) is 2. The minimum Gasteiger partial charge on any atom is -0.355 e. The number of carbonyl (C=O) groups is 1. The van der Waals surface area contributed by atoms with Crippen LogP contribution in [0.15, 0.2) is 103 Å². The smallest absolute Gasteiger partial charge is 0.255 e. The minimum absolute atomic E-state index is 0.112. The first kappa shape index (κ1) is 19.3.